The minimum Gasteiger partial charge on any atom is -0.430 e. The number of rotatable bonds is 3. The Balaban J connectivity index is 2.48. The van der Waals surface area contributed by atoms with Gasteiger partial charge < -0.3 is 4.74 Å². The Kier molecular flexibility index (Phi) is 3.34. The molecule has 2 rings (SSSR count). The molecular weight excluding hydrogens is 274 g/mol. The molecule has 0 atom stereocenters. The lowest BCUT2D eigenvalue weighted by molar-refractivity contribution is -0.386. The fraction of sp³-hybridized carbons (Fsp3) is 0.300. The van der Waals surface area contributed by atoms with Crippen molar-refractivity contribution in [3.05, 3.63) is 33.0 Å². The number of aryl methyl sites for hydroxylation is 2. The third kappa shape index (κ3) is 2.48. The Morgan fingerprint density at radius 1 is 1.47 bits per heavy atom. The first-order chi connectivity index (χ1) is 8.90. The summed E-state index contributed by atoms with van der Waals surface area (Å²) in [7, 11) is 1.75. The summed E-state index contributed by atoms with van der Waals surface area (Å²) < 4.78 is 7.08. The summed E-state index contributed by atoms with van der Waals surface area (Å²) in [6.45, 7) is 3.51. The molecule has 0 aliphatic carbocycles. The fourth-order valence-electron chi connectivity index (χ4n) is 1.54. The van der Waals surface area contributed by atoms with E-state index in [0.29, 0.717) is 11.4 Å². The van der Waals surface area contributed by atoms with Crippen LogP contribution in [0.2, 0.25) is 5.28 Å². The largest absolute Gasteiger partial charge is 0.430 e. The summed E-state index contributed by atoms with van der Waals surface area (Å²) in [5.41, 5.74) is 0.970. The second-order valence-electron chi connectivity index (χ2n) is 3.81. The molecule has 0 aromatic carbocycles. The van der Waals surface area contributed by atoms with E-state index < -0.39 is 4.92 Å². The minimum absolute atomic E-state index is 0.125. The molecule has 0 aliphatic rings. The van der Waals surface area contributed by atoms with Gasteiger partial charge in [0.2, 0.25) is 5.28 Å². The van der Waals surface area contributed by atoms with Gasteiger partial charge in [-0.05, 0) is 25.4 Å². The number of halogens is 1. The molecule has 100 valence electrons. The molecule has 0 N–H and O–H groups in total. The standard InChI is InChI=1S/C10H10ClN5O3/c1-5-8(6(2)15(3)14-5)19-9-7(16(17)18)4-12-10(11)13-9/h4H,1-3H3. The first-order valence-electron chi connectivity index (χ1n) is 5.25. The molecule has 0 radical (unpaired) electrons. The van der Waals surface area contributed by atoms with Crippen molar-refractivity contribution in [2.75, 3.05) is 0 Å². The van der Waals surface area contributed by atoms with Gasteiger partial charge in [0, 0.05) is 7.05 Å². The van der Waals surface area contributed by atoms with Crippen molar-refractivity contribution in [1.82, 2.24) is 19.7 Å². The van der Waals surface area contributed by atoms with Crippen LogP contribution < -0.4 is 4.74 Å². The quantitative estimate of drug-likeness (QED) is 0.486. The van der Waals surface area contributed by atoms with Crippen molar-refractivity contribution in [2.45, 2.75) is 13.8 Å². The first kappa shape index (κ1) is 13.2. The van der Waals surface area contributed by atoms with Gasteiger partial charge in [0.05, 0.1) is 10.6 Å². The van der Waals surface area contributed by atoms with Gasteiger partial charge in [-0.25, -0.2) is 4.98 Å². The van der Waals surface area contributed by atoms with Crippen LogP contribution in [0, 0.1) is 24.0 Å². The van der Waals surface area contributed by atoms with Crippen LogP contribution in [0.15, 0.2) is 6.20 Å². The predicted molar refractivity (Wildman–Crippen MR) is 66.5 cm³/mol. The monoisotopic (exact) mass is 283 g/mol. The van der Waals surface area contributed by atoms with Crippen molar-refractivity contribution in [3.8, 4) is 11.6 Å². The maximum Gasteiger partial charge on any atom is 0.349 e. The molecule has 0 bridgehead atoms. The lowest BCUT2D eigenvalue weighted by Gasteiger charge is -2.05. The topological polar surface area (TPSA) is 96.0 Å². The van der Waals surface area contributed by atoms with Crippen LogP contribution in [0.1, 0.15) is 11.4 Å². The average Bonchev–Trinajstić information content (AvgIpc) is 2.56. The molecule has 2 aromatic rings. The average molecular weight is 284 g/mol. The first-order valence-corrected chi connectivity index (χ1v) is 5.63. The molecular formula is C10H10ClN5O3. The van der Waals surface area contributed by atoms with Gasteiger partial charge >= 0.3 is 11.6 Å². The Bertz CT molecular complexity index is 655. The lowest BCUT2D eigenvalue weighted by atomic mass is 10.3. The Labute approximate surface area is 113 Å². The molecule has 0 amide bonds. The van der Waals surface area contributed by atoms with Crippen molar-refractivity contribution in [2.24, 2.45) is 7.05 Å². The van der Waals surface area contributed by atoms with E-state index in [4.69, 9.17) is 16.3 Å². The van der Waals surface area contributed by atoms with Crippen LogP contribution in [0.5, 0.6) is 11.6 Å². The summed E-state index contributed by atoms with van der Waals surface area (Å²) in [5, 5.41) is 14.9. The molecule has 2 aromatic heterocycles. The molecule has 0 aliphatic heterocycles. The zero-order valence-corrected chi connectivity index (χ0v) is 11.2. The summed E-state index contributed by atoms with van der Waals surface area (Å²) >= 11 is 5.63. The highest BCUT2D eigenvalue weighted by molar-refractivity contribution is 6.28. The molecule has 8 nitrogen and oxygen atoms in total. The number of nitro groups is 1. The highest BCUT2D eigenvalue weighted by atomic mass is 35.5. The van der Waals surface area contributed by atoms with Crippen molar-refractivity contribution >= 4 is 17.3 Å². The zero-order valence-electron chi connectivity index (χ0n) is 10.4. The highest BCUT2D eigenvalue weighted by Crippen LogP contribution is 2.32. The minimum atomic E-state index is -0.632. The zero-order chi connectivity index (χ0) is 14.2. The van der Waals surface area contributed by atoms with E-state index >= 15 is 0 Å². The van der Waals surface area contributed by atoms with Gasteiger partial charge in [-0.2, -0.15) is 10.1 Å². The van der Waals surface area contributed by atoms with Crippen molar-refractivity contribution < 1.29 is 9.66 Å². The Morgan fingerprint density at radius 3 is 2.68 bits per heavy atom. The fourth-order valence-corrected chi connectivity index (χ4v) is 1.66. The van der Waals surface area contributed by atoms with Crippen molar-refractivity contribution in [3.63, 3.8) is 0 Å². The maximum atomic E-state index is 10.9. The van der Waals surface area contributed by atoms with Gasteiger partial charge in [-0.1, -0.05) is 0 Å². The van der Waals surface area contributed by atoms with Crippen LogP contribution in [0.3, 0.4) is 0 Å². The summed E-state index contributed by atoms with van der Waals surface area (Å²) in [6, 6.07) is 0. The van der Waals surface area contributed by atoms with Crippen molar-refractivity contribution in [1.29, 1.82) is 0 Å². The summed E-state index contributed by atoms with van der Waals surface area (Å²) in [5.74, 6) is 0.213. The van der Waals surface area contributed by atoms with Gasteiger partial charge in [0.25, 0.3) is 0 Å². The predicted octanol–water partition coefficient (Wildman–Crippen LogP) is 2.18. The molecule has 19 heavy (non-hydrogen) atoms. The summed E-state index contributed by atoms with van der Waals surface area (Å²) in [6.07, 6.45) is 1.01. The third-order valence-electron chi connectivity index (χ3n) is 2.54. The molecule has 9 heteroatoms. The van der Waals surface area contributed by atoms with Gasteiger partial charge in [-0.3, -0.25) is 14.8 Å². The van der Waals surface area contributed by atoms with E-state index in [-0.39, 0.29) is 16.9 Å². The lowest BCUT2D eigenvalue weighted by Crippen LogP contribution is -1.99. The second-order valence-corrected chi connectivity index (χ2v) is 4.15. The Morgan fingerprint density at radius 2 is 2.16 bits per heavy atom. The van der Waals surface area contributed by atoms with E-state index in [1.54, 1.807) is 25.6 Å². The Hall–Kier alpha value is -2.22. The second kappa shape index (κ2) is 4.81. The number of ether oxygens (including phenoxy) is 1. The van der Waals surface area contributed by atoms with E-state index in [1.165, 1.54) is 0 Å². The molecule has 0 saturated heterocycles. The molecule has 0 spiro atoms. The van der Waals surface area contributed by atoms with E-state index in [1.807, 2.05) is 0 Å². The van der Waals surface area contributed by atoms with Gasteiger partial charge in [0.1, 0.15) is 11.9 Å². The van der Waals surface area contributed by atoms with Crippen LogP contribution in [0.25, 0.3) is 0 Å². The molecule has 0 unspecified atom stereocenters. The van der Waals surface area contributed by atoms with E-state index in [9.17, 15) is 10.1 Å². The van der Waals surface area contributed by atoms with Crippen LogP contribution in [0.4, 0.5) is 5.69 Å². The van der Waals surface area contributed by atoms with Crippen LogP contribution >= 0.6 is 11.6 Å². The van der Waals surface area contributed by atoms with Gasteiger partial charge in [0.15, 0.2) is 5.75 Å². The smallest absolute Gasteiger partial charge is 0.349 e. The maximum absolute atomic E-state index is 10.9. The van der Waals surface area contributed by atoms with Crippen LogP contribution in [-0.2, 0) is 7.05 Å². The van der Waals surface area contributed by atoms with Crippen LogP contribution in [-0.4, -0.2) is 24.7 Å². The van der Waals surface area contributed by atoms with E-state index in [2.05, 4.69) is 15.1 Å². The third-order valence-corrected chi connectivity index (χ3v) is 2.73. The normalized spacial score (nSPS) is 10.5. The number of nitrogens with zero attached hydrogens (tertiary/aromatic N) is 5. The molecule has 2 heterocycles. The number of aromatic nitrogens is 4. The molecule has 0 fully saturated rings. The molecule has 0 saturated carbocycles. The van der Waals surface area contributed by atoms with Gasteiger partial charge in [-0.15, -0.1) is 0 Å². The van der Waals surface area contributed by atoms with E-state index in [0.717, 1.165) is 11.9 Å². The summed E-state index contributed by atoms with van der Waals surface area (Å²) in [4.78, 5) is 17.5. The SMILES string of the molecule is Cc1nn(C)c(C)c1Oc1nc(Cl)ncc1[N+](=O)[O-]. The number of hydrogen-bond acceptors (Lipinski definition) is 6. The highest BCUT2D eigenvalue weighted by Gasteiger charge is 2.22. The number of hydrogen-bond donors (Lipinski definition) is 0.